The summed E-state index contributed by atoms with van der Waals surface area (Å²) in [6.45, 7) is 0. The summed E-state index contributed by atoms with van der Waals surface area (Å²) >= 11 is 1.81. The van der Waals surface area contributed by atoms with E-state index < -0.39 is 0 Å². The van der Waals surface area contributed by atoms with Crippen LogP contribution < -0.4 is 0 Å². The monoisotopic (exact) mass is 1770 g/mol. The van der Waals surface area contributed by atoms with Crippen LogP contribution in [0.1, 0.15) is 0 Å². The topological polar surface area (TPSA) is 143 Å². The number of pyridine rings is 1. The van der Waals surface area contributed by atoms with Crippen molar-refractivity contribution in [3.8, 4) is 180 Å². The van der Waals surface area contributed by atoms with Crippen molar-refractivity contribution in [1.82, 2.24) is 34.9 Å². The van der Waals surface area contributed by atoms with E-state index in [2.05, 4.69) is 369 Å². The van der Waals surface area contributed by atoms with Crippen molar-refractivity contribution >= 4 is 86.4 Å². The van der Waals surface area contributed by atoms with Gasteiger partial charge < -0.3 is 17.7 Å². The Kier molecular flexibility index (Phi) is 21.6. The molecule has 644 valence electrons. The number of fused-ring (bicyclic) bond motifs is 9. The molecule has 0 unspecified atom stereocenters. The van der Waals surface area contributed by atoms with Crippen LogP contribution in [-0.2, 0) is 0 Å². The van der Waals surface area contributed by atoms with E-state index >= 15 is 0 Å². The van der Waals surface area contributed by atoms with Gasteiger partial charge in [-0.2, -0.15) is 0 Å². The second-order valence-corrected chi connectivity index (χ2v) is 34.9. The number of hydrogen-bond donors (Lipinski definition) is 0. The molecule has 0 aliphatic carbocycles. The molecule has 26 aromatic rings. The molecule has 17 aromatic carbocycles. The van der Waals surface area contributed by atoms with Gasteiger partial charge in [0.25, 0.3) is 0 Å². The molecule has 0 atom stereocenters. The number of para-hydroxylation sites is 4. The third-order valence-corrected chi connectivity index (χ3v) is 26.2. The smallest absolute Gasteiger partial charge is 0.160 e. The molecular weight excluding hydrogens is 1700 g/mol. The SMILES string of the molecule is c1ccc(-c2cccc(-c3cc(-c4ccc(-c5cc6ccccc6o5)cc4)nc(-c4ccc(-c5cccnc5)cc4)n3)c2)cc1.c1ccc(-c2cccc(-c3cc(-c4ccc(-c5cc6ccccc6o5)cc4)nc(-c4ccc5c(c4)oc4ccccc45)n3)c2)cc1.c1ccc(-c2cccc(-c3cc(-c4ccc(-c5cc6ccccc6o5)cc4)nc(-c4ccc5c(c4)sc4ccccc45)n3)c2)cc1. The summed E-state index contributed by atoms with van der Waals surface area (Å²) in [7, 11) is 0. The normalized spacial score (nSPS) is 11.4. The Morgan fingerprint density at radius 2 is 0.467 bits per heavy atom. The molecular formula is C125H79N7O4S. The standard InChI is InChI=1S/C42H26N2O2.C42H26N2OS.C41H27N3O/c1-2-9-27(10-3-1)30-12-8-13-31(23-30)37-26-36(28-17-19-29(20-18-28)40-24-32-11-4-6-15-38(32)45-40)43-42(44-37)33-21-22-35-34-14-5-7-16-39(34)46-41(35)25-33;1-2-9-27(10-3-1)30-12-8-13-31(23-30)37-26-36(28-17-19-29(20-18-28)39-24-32-11-4-6-15-38(32)45-39)43-42(44-37)33-21-22-35-34-14-5-7-16-40(34)46-41(35)25-33;1-2-8-28(9-3-1)33-11-6-12-34(24-33)38-26-37(30-17-19-31(20-18-30)40-25-35-10-4-5-14-39(35)45-40)43-41(44-38)32-21-15-29(16-22-32)36-13-7-23-42-27-36/h2*1-26H;1-27H. The number of thiophene rings is 1. The lowest BCUT2D eigenvalue weighted by Crippen LogP contribution is -1.96. The van der Waals surface area contributed by atoms with Crippen LogP contribution in [0.2, 0.25) is 0 Å². The minimum atomic E-state index is 0.640. The van der Waals surface area contributed by atoms with Crippen molar-refractivity contribution in [2.75, 3.05) is 0 Å². The fraction of sp³-hybridized carbons (Fsp3) is 0. The Hall–Kier alpha value is -18.2. The molecule has 0 N–H and O–H groups in total. The maximum Gasteiger partial charge on any atom is 0.160 e. The summed E-state index contributed by atoms with van der Waals surface area (Å²) in [5.74, 6) is 4.56. The van der Waals surface area contributed by atoms with Crippen LogP contribution in [-0.4, -0.2) is 34.9 Å². The molecule has 0 radical (unpaired) electrons. The summed E-state index contributed by atoms with van der Waals surface area (Å²) < 4.78 is 27.1. The Labute approximate surface area is 793 Å². The van der Waals surface area contributed by atoms with Crippen molar-refractivity contribution in [2.24, 2.45) is 0 Å². The predicted molar refractivity (Wildman–Crippen MR) is 560 cm³/mol. The van der Waals surface area contributed by atoms with E-state index in [0.717, 1.165) is 206 Å². The van der Waals surface area contributed by atoms with Gasteiger partial charge in [0.2, 0.25) is 0 Å². The molecule has 0 aliphatic heterocycles. The summed E-state index contributed by atoms with van der Waals surface area (Å²) in [5.41, 5.74) is 30.6. The fourth-order valence-electron chi connectivity index (χ4n) is 17.9. The molecule has 0 aliphatic rings. The Morgan fingerprint density at radius 3 is 0.898 bits per heavy atom. The highest BCUT2D eigenvalue weighted by Gasteiger charge is 2.21. The van der Waals surface area contributed by atoms with Crippen LogP contribution in [0.3, 0.4) is 0 Å². The third-order valence-electron chi connectivity index (χ3n) is 25.1. The number of aromatic nitrogens is 7. The van der Waals surface area contributed by atoms with Crippen LogP contribution in [0.15, 0.2) is 497 Å². The van der Waals surface area contributed by atoms with Gasteiger partial charge in [0.05, 0.1) is 34.2 Å². The van der Waals surface area contributed by atoms with Crippen molar-refractivity contribution in [3.05, 3.63) is 480 Å². The average molecular weight is 1780 g/mol. The largest absolute Gasteiger partial charge is 0.456 e. The van der Waals surface area contributed by atoms with Gasteiger partial charge >= 0.3 is 0 Å². The molecule has 9 aromatic heterocycles. The first kappa shape index (κ1) is 82.0. The van der Waals surface area contributed by atoms with E-state index in [4.69, 9.17) is 47.6 Å². The second kappa shape index (κ2) is 36.1. The minimum absolute atomic E-state index is 0.640. The number of nitrogens with zero attached hydrogens (tertiary/aromatic N) is 7. The quantitative estimate of drug-likeness (QED) is 0.0912. The first-order valence-electron chi connectivity index (χ1n) is 45.5. The minimum Gasteiger partial charge on any atom is -0.456 e. The van der Waals surface area contributed by atoms with E-state index in [1.807, 2.05) is 121 Å². The maximum atomic E-state index is 6.22. The van der Waals surface area contributed by atoms with Crippen molar-refractivity contribution in [2.45, 2.75) is 0 Å². The van der Waals surface area contributed by atoms with Gasteiger partial charge in [-0.3, -0.25) is 4.98 Å². The molecule has 0 fully saturated rings. The summed E-state index contributed by atoms with van der Waals surface area (Å²) in [5, 5.41) is 8.00. The van der Waals surface area contributed by atoms with E-state index in [-0.39, 0.29) is 0 Å². The molecule has 137 heavy (non-hydrogen) atoms. The second-order valence-electron chi connectivity index (χ2n) is 33.8. The lowest BCUT2D eigenvalue weighted by molar-refractivity contribution is 0.631. The molecule has 0 amide bonds. The number of furan rings is 4. The van der Waals surface area contributed by atoms with Gasteiger partial charge in [-0.15, -0.1) is 11.3 Å². The average Bonchev–Trinajstić information content (AvgIpc) is 1.68. The van der Waals surface area contributed by atoms with E-state index in [9.17, 15) is 0 Å². The molecule has 11 nitrogen and oxygen atoms in total. The zero-order valence-corrected chi connectivity index (χ0v) is 74.6. The van der Waals surface area contributed by atoms with Gasteiger partial charge in [0.1, 0.15) is 45.2 Å². The van der Waals surface area contributed by atoms with Gasteiger partial charge in [0, 0.05) is 126 Å². The van der Waals surface area contributed by atoms with Crippen LogP contribution in [0, 0.1) is 0 Å². The zero-order valence-electron chi connectivity index (χ0n) is 73.8. The summed E-state index contributed by atoms with van der Waals surface area (Å²) in [6, 6.07) is 161. The Balaban J connectivity index is 0.000000112. The number of rotatable bonds is 16. The van der Waals surface area contributed by atoms with Gasteiger partial charge in [-0.25, -0.2) is 29.9 Å². The van der Waals surface area contributed by atoms with Crippen molar-refractivity contribution in [1.29, 1.82) is 0 Å². The Morgan fingerprint density at radius 1 is 0.161 bits per heavy atom. The third kappa shape index (κ3) is 17.0. The highest BCUT2D eigenvalue weighted by atomic mass is 32.1. The van der Waals surface area contributed by atoms with Gasteiger partial charge in [-0.05, 0) is 154 Å². The summed E-state index contributed by atoms with van der Waals surface area (Å²) in [6.07, 6.45) is 3.66. The summed E-state index contributed by atoms with van der Waals surface area (Å²) in [4.78, 5) is 35.0. The van der Waals surface area contributed by atoms with Gasteiger partial charge in [0.15, 0.2) is 17.5 Å². The van der Waals surface area contributed by atoms with Crippen LogP contribution in [0.4, 0.5) is 0 Å². The van der Waals surface area contributed by atoms with Crippen LogP contribution >= 0.6 is 11.3 Å². The molecule has 0 bridgehead atoms. The van der Waals surface area contributed by atoms with E-state index in [1.54, 1.807) is 6.20 Å². The van der Waals surface area contributed by atoms with E-state index in [1.165, 1.54) is 31.3 Å². The van der Waals surface area contributed by atoms with Crippen LogP contribution in [0.25, 0.3) is 255 Å². The zero-order chi connectivity index (χ0) is 90.9. The molecule has 26 rings (SSSR count). The number of hydrogen-bond acceptors (Lipinski definition) is 12. The number of benzene rings is 17. The van der Waals surface area contributed by atoms with E-state index in [0.29, 0.717) is 17.5 Å². The molecule has 0 saturated carbocycles. The lowest BCUT2D eigenvalue weighted by Gasteiger charge is -2.11. The van der Waals surface area contributed by atoms with Crippen LogP contribution in [0.5, 0.6) is 0 Å². The van der Waals surface area contributed by atoms with Gasteiger partial charge in [-0.1, -0.05) is 358 Å². The predicted octanol–water partition coefficient (Wildman–Crippen LogP) is 34.0. The molecule has 12 heteroatoms. The molecule has 0 saturated heterocycles. The first-order chi connectivity index (χ1) is 67.8. The highest BCUT2D eigenvalue weighted by molar-refractivity contribution is 7.25. The lowest BCUT2D eigenvalue weighted by atomic mass is 10.00. The maximum absolute atomic E-state index is 6.22. The Bertz CT molecular complexity index is 8490. The van der Waals surface area contributed by atoms with Crippen molar-refractivity contribution < 1.29 is 17.7 Å². The first-order valence-corrected chi connectivity index (χ1v) is 46.4. The fourth-order valence-corrected chi connectivity index (χ4v) is 19.1. The molecule has 9 heterocycles. The molecule has 0 spiro atoms. The van der Waals surface area contributed by atoms with Crippen molar-refractivity contribution in [3.63, 3.8) is 0 Å². The highest BCUT2D eigenvalue weighted by Crippen LogP contribution is 2.43.